The van der Waals surface area contributed by atoms with Gasteiger partial charge >= 0.3 is 12.0 Å². The van der Waals surface area contributed by atoms with Crippen LogP contribution in [0.25, 0.3) is 0 Å². The highest BCUT2D eigenvalue weighted by Crippen LogP contribution is 2.28. The van der Waals surface area contributed by atoms with Crippen molar-refractivity contribution >= 4 is 23.4 Å². The number of amides is 2. The van der Waals surface area contributed by atoms with Crippen molar-refractivity contribution in [2.45, 2.75) is 52.1 Å². The number of hydrogen-bond acceptors (Lipinski definition) is 3. The molecule has 30 heavy (non-hydrogen) atoms. The van der Waals surface area contributed by atoms with E-state index in [2.05, 4.69) is 38.2 Å². The Balaban J connectivity index is 1.66. The fraction of sp³-hybridized carbons (Fsp3) is 0.417. The molecule has 160 valence electrons. The van der Waals surface area contributed by atoms with Gasteiger partial charge in [-0.2, -0.15) is 0 Å². The quantitative estimate of drug-likeness (QED) is 0.742. The van der Waals surface area contributed by atoms with Crippen LogP contribution in [0, 0.1) is 0 Å². The van der Waals surface area contributed by atoms with Gasteiger partial charge in [0.25, 0.3) is 0 Å². The summed E-state index contributed by atoms with van der Waals surface area (Å²) in [4.78, 5) is 27.8. The Kier molecular flexibility index (Phi) is 5.90. The lowest BCUT2D eigenvalue weighted by molar-refractivity contribution is -0.143. The molecule has 0 radical (unpaired) electrons. The molecule has 2 aromatic rings. The summed E-state index contributed by atoms with van der Waals surface area (Å²) in [5.74, 6) is -0.891. The zero-order valence-corrected chi connectivity index (χ0v) is 18.4. The lowest BCUT2D eigenvalue weighted by atomic mass is 9.87. The summed E-state index contributed by atoms with van der Waals surface area (Å²) < 4.78 is 0. The number of urea groups is 1. The van der Waals surface area contributed by atoms with E-state index < -0.39 is 11.5 Å². The van der Waals surface area contributed by atoms with Crippen LogP contribution in [0.15, 0.2) is 48.5 Å². The summed E-state index contributed by atoms with van der Waals surface area (Å²) >= 11 is 0. The first-order valence-corrected chi connectivity index (χ1v) is 10.3. The van der Waals surface area contributed by atoms with Gasteiger partial charge in [-0.25, -0.2) is 4.79 Å². The van der Waals surface area contributed by atoms with Crippen molar-refractivity contribution in [1.29, 1.82) is 0 Å². The molecule has 1 saturated heterocycles. The summed E-state index contributed by atoms with van der Waals surface area (Å²) in [6.45, 7) is 11.5. The number of nitrogens with one attached hydrogen (secondary N) is 1. The molecule has 2 amide bonds. The predicted octanol–water partition coefficient (Wildman–Crippen LogP) is 4.38. The third kappa shape index (κ3) is 4.65. The predicted molar refractivity (Wildman–Crippen MR) is 120 cm³/mol. The van der Waals surface area contributed by atoms with Crippen LogP contribution in [-0.4, -0.2) is 35.7 Å². The molecule has 3 rings (SSSR count). The van der Waals surface area contributed by atoms with Gasteiger partial charge in [0.15, 0.2) is 0 Å². The molecule has 0 saturated carbocycles. The molecule has 6 nitrogen and oxygen atoms in total. The number of carboxylic acid groups (broad SMARTS) is 1. The first-order valence-electron chi connectivity index (χ1n) is 10.3. The summed E-state index contributed by atoms with van der Waals surface area (Å²) in [5, 5.41) is 12.2. The van der Waals surface area contributed by atoms with Crippen molar-refractivity contribution in [1.82, 2.24) is 5.32 Å². The lowest BCUT2D eigenvalue weighted by Crippen LogP contribution is -2.46. The van der Waals surface area contributed by atoms with Gasteiger partial charge in [0, 0.05) is 31.0 Å². The molecular formula is C24H31N3O3. The minimum atomic E-state index is -0.993. The van der Waals surface area contributed by atoms with Crippen LogP contribution in [-0.2, 0) is 16.8 Å². The lowest BCUT2D eigenvalue weighted by Gasteiger charge is -2.22. The number of nitrogens with zero attached hydrogens (tertiary/aromatic N) is 2. The zero-order chi connectivity index (χ0) is 22.1. The van der Waals surface area contributed by atoms with E-state index in [1.165, 1.54) is 5.56 Å². The van der Waals surface area contributed by atoms with Gasteiger partial charge in [-0.15, -0.1) is 0 Å². The summed E-state index contributed by atoms with van der Waals surface area (Å²) in [5.41, 5.74) is 3.05. The second-order valence-corrected chi connectivity index (χ2v) is 9.33. The Morgan fingerprint density at radius 3 is 1.80 bits per heavy atom. The van der Waals surface area contributed by atoms with Crippen LogP contribution >= 0.6 is 0 Å². The van der Waals surface area contributed by atoms with E-state index in [0.717, 1.165) is 16.9 Å². The Bertz CT molecular complexity index is 912. The maximum absolute atomic E-state index is 13.0. The van der Waals surface area contributed by atoms with E-state index in [4.69, 9.17) is 0 Å². The molecule has 1 aliphatic heterocycles. The highest BCUT2D eigenvalue weighted by molar-refractivity contribution is 6.06. The van der Waals surface area contributed by atoms with Crippen molar-refractivity contribution in [3.05, 3.63) is 59.7 Å². The van der Waals surface area contributed by atoms with Crippen LogP contribution in [0.3, 0.4) is 0 Å². The van der Waals surface area contributed by atoms with E-state index in [-0.39, 0.29) is 11.4 Å². The maximum Gasteiger partial charge on any atom is 0.329 e. The van der Waals surface area contributed by atoms with Crippen LogP contribution < -0.4 is 15.1 Å². The largest absolute Gasteiger partial charge is 0.480 e. The fourth-order valence-electron chi connectivity index (χ4n) is 3.35. The summed E-state index contributed by atoms with van der Waals surface area (Å²) in [7, 11) is 0. The van der Waals surface area contributed by atoms with Crippen molar-refractivity contribution in [2.75, 3.05) is 22.9 Å². The highest BCUT2D eigenvalue weighted by Gasteiger charge is 2.31. The van der Waals surface area contributed by atoms with E-state index in [9.17, 15) is 14.7 Å². The molecule has 0 spiro atoms. The number of carbonyl (C=O) groups is 2. The number of benzene rings is 2. The molecule has 1 aliphatic rings. The number of carbonyl (C=O) groups excluding carboxylic acids is 1. The molecular weight excluding hydrogens is 378 g/mol. The van der Waals surface area contributed by atoms with E-state index in [1.54, 1.807) is 23.6 Å². The number of carboxylic acids is 1. The fourth-order valence-corrected chi connectivity index (χ4v) is 3.35. The van der Waals surface area contributed by atoms with Gasteiger partial charge in [-0.05, 0) is 54.7 Å². The molecule has 0 aromatic heterocycles. The molecule has 2 aromatic carbocycles. The van der Waals surface area contributed by atoms with Crippen LogP contribution in [0.5, 0.6) is 0 Å². The minimum absolute atomic E-state index is 0.0311. The molecule has 1 fully saturated rings. The normalized spacial score (nSPS) is 15.0. The molecule has 2 N–H and O–H groups in total. The molecule has 1 heterocycles. The van der Waals surface area contributed by atoms with Gasteiger partial charge in [-0.3, -0.25) is 19.9 Å². The summed E-state index contributed by atoms with van der Waals surface area (Å²) in [6, 6.07) is 15.8. The minimum Gasteiger partial charge on any atom is -0.480 e. The number of hydrogen-bond donors (Lipinski definition) is 2. The first-order chi connectivity index (χ1) is 14.0. The number of rotatable bonds is 6. The van der Waals surface area contributed by atoms with Crippen molar-refractivity contribution in [3.63, 3.8) is 0 Å². The maximum atomic E-state index is 13.0. The number of anilines is 2. The van der Waals surface area contributed by atoms with E-state index >= 15 is 0 Å². The molecule has 6 heteroatoms. The van der Waals surface area contributed by atoms with E-state index in [0.29, 0.717) is 19.6 Å². The van der Waals surface area contributed by atoms with Crippen LogP contribution in [0.1, 0.15) is 45.7 Å². The standard InChI is InChI=1S/C24H31N3O3/c1-23(2,3)18-8-12-20(13-9-18)27-15-14-26(22(27)30)19-10-6-17(7-11-19)16-25-24(4,5)21(28)29/h6-13,25H,14-16H2,1-5H3,(H,28,29). The van der Waals surface area contributed by atoms with Gasteiger partial charge in [0.1, 0.15) is 5.54 Å². The smallest absolute Gasteiger partial charge is 0.329 e. The van der Waals surface area contributed by atoms with E-state index in [1.807, 2.05) is 36.4 Å². The molecule has 0 aliphatic carbocycles. The third-order valence-electron chi connectivity index (χ3n) is 5.57. The SMILES string of the molecule is CC(C)(NCc1ccc(N2CCN(c3ccc(C(C)(C)C)cc3)C2=O)cc1)C(=O)O. The van der Waals surface area contributed by atoms with Crippen molar-refractivity contribution in [2.24, 2.45) is 0 Å². The molecule has 0 atom stereocenters. The average Bonchev–Trinajstić information content (AvgIpc) is 3.07. The molecule has 0 unspecified atom stereocenters. The molecule has 0 bridgehead atoms. The Morgan fingerprint density at radius 1 is 0.900 bits per heavy atom. The van der Waals surface area contributed by atoms with Gasteiger partial charge in [0.05, 0.1) is 0 Å². The van der Waals surface area contributed by atoms with Crippen molar-refractivity contribution < 1.29 is 14.7 Å². The van der Waals surface area contributed by atoms with Crippen LogP contribution in [0.4, 0.5) is 16.2 Å². The first kappa shape index (κ1) is 21.8. The second-order valence-electron chi connectivity index (χ2n) is 9.33. The summed E-state index contributed by atoms with van der Waals surface area (Å²) in [6.07, 6.45) is 0. The highest BCUT2D eigenvalue weighted by atomic mass is 16.4. The number of aliphatic carboxylic acids is 1. The van der Waals surface area contributed by atoms with Crippen LogP contribution in [0.2, 0.25) is 0 Å². The van der Waals surface area contributed by atoms with Gasteiger partial charge in [-0.1, -0.05) is 45.0 Å². The topological polar surface area (TPSA) is 72.9 Å². The zero-order valence-electron chi connectivity index (χ0n) is 18.4. The average molecular weight is 410 g/mol. The van der Waals surface area contributed by atoms with Gasteiger partial charge in [0.2, 0.25) is 0 Å². The third-order valence-corrected chi connectivity index (χ3v) is 5.57. The Labute approximate surface area is 178 Å². The Hall–Kier alpha value is -2.86. The monoisotopic (exact) mass is 409 g/mol. The van der Waals surface area contributed by atoms with Crippen molar-refractivity contribution in [3.8, 4) is 0 Å². The Morgan fingerprint density at radius 2 is 1.37 bits per heavy atom. The van der Waals surface area contributed by atoms with Gasteiger partial charge < -0.3 is 5.11 Å². The second kappa shape index (κ2) is 8.11.